The highest BCUT2D eigenvalue weighted by Crippen LogP contribution is 2.30. The van der Waals surface area contributed by atoms with Crippen molar-refractivity contribution in [2.45, 2.75) is 312 Å². The fraction of sp³-hybridized carbons (Fsp3) is 0.852. The zero-order valence-corrected chi connectivity index (χ0v) is 47.0. The molecule has 12 atom stereocenters. The predicted octanol–water partition coefficient (Wildman–Crippen LogP) is 10.4. The van der Waals surface area contributed by atoms with E-state index in [1.54, 1.807) is 0 Å². The highest BCUT2D eigenvalue weighted by atomic mass is 16.7. The quantitative estimate of drug-likeness (QED) is 0.0204. The van der Waals surface area contributed by atoms with Crippen LogP contribution in [0.15, 0.2) is 48.6 Å². The van der Waals surface area contributed by atoms with Crippen molar-refractivity contribution in [3.8, 4) is 0 Å². The smallest absolute Gasteiger partial charge is 0.220 e. The molecule has 2 aliphatic heterocycles. The van der Waals surface area contributed by atoms with Gasteiger partial charge in [-0.2, -0.15) is 0 Å². The monoisotopic (exact) mass is 1070 g/mol. The van der Waals surface area contributed by atoms with Gasteiger partial charge < -0.3 is 65.1 Å². The molecule has 14 nitrogen and oxygen atoms in total. The molecular weight excluding hydrogens is 955 g/mol. The number of carbonyl (C=O) groups excluding carboxylic acids is 1. The van der Waals surface area contributed by atoms with Gasteiger partial charge in [-0.25, -0.2) is 0 Å². The van der Waals surface area contributed by atoms with Gasteiger partial charge in [-0.15, -0.1) is 0 Å². The first-order chi connectivity index (χ1) is 36.6. The van der Waals surface area contributed by atoms with E-state index in [4.69, 9.17) is 18.9 Å². The minimum absolute atomic E-state index is 0.213. The van der Waals surface area contributed by atoms with Crippen LogP contribution >= 0.6 is 0 Å². The second-order valence-corrected chi connectivity index (χ2v) is 21.5. The Hall–Kier alpha value is -2.05. The largest absolute Gasteiger partial charge is 0.394 e. The third-order valence-corrected chi connectivity index (χ3v) is 14.8. The topological polar surface area (TPSA) is 228 Å². The lowest BCUT2D eigenvalue weighted by molar-refractivity contribution is -0.359. The number of carbonyl (C=O) groups is 1. The minimum atomic E-state index is -1.78. The molecule has 0 aromatic heterocycles. The van der Waals surface area contributed by atoms with Gasteiger partial charge in [0.05, 0.1) is 32.0 Å². The van der Waals surface area contributed by atoms with Crippen LogP contribution in [0.4, 0.5) is 0 Å². The van der Waals surface area contributed by atoms with Crippen molar-refractivity contribution >= 4 is 5.91 Å². The van der Waals surface area contributed by atoms with E-state index in [-0.39, 0.29) is 12.5 Å². The van der Waals surface area contributed by atoms with E-state index in [1.165, 1.54) is 135 Å². The Morgan fingerprint density at radius 2 is 0.920 bits per heavy atom. The molecule has 2 saturated heterocycles. The van der Waals surface area contributed by atoms with Crippen molar-refractivity contribution in [2.75, 3.05) is 19.8 Å². The van der Waals surface area contributed by atoms with Crippen molar-refractivity contribution in [1.82, 2.24) is 5.32 Å². The number of allylic oxidation sites excluding steroid dienone is 8. The number of nitrogens with one attached hydrogen (secondary N) is 1. The third kappa shape index (κ3) is 32.6. The van der Waals surface area contributed by atoms with E-state index in [2.05, 4.69) is 67.8 Å². The Bertz CT molecular complexity index is 1440. The molecular formula is C61H111NO13. The summed E-state index contributed by atoms with van der Waals surface area (Å²) in [6.45, 7) is 2.61. The zero-order valence-electron chi connectivity index (χ0n) is 47.0. The van der Waals surface area contributed by atoms with Gasteiger partial charge >= 0.3 is 0 Å². The summed E-state index contributed by atoms with van der Waals surface area (Å²) < 4.78 is 22.6. The first-order valence-corrected chi connectivity index (χ1v) is 30.4. The second-order valence-electron chi connectivity index (χ2n) is 21.5. The van der Waals surface area contributed by atoms with E-state index in [1.807, 2.05) is 0 Å². The van der Waals surface area contributed by atoms with Crippen molar-refractivity contribution in [2.24, 2.45) is 0 Å². The lowest BCUT2D eigenvalue weighted by atomic mass is 9.97. The molecule has 0 radical (unpaired) electrons. The van der Waals surface area contributed by atoms with Gasteiger partial charge in [0.25, 0.3) is 0 Å². The third-order valence-electron chi connectivity index (χ3n) is 14.8. The summed E-state index contributed by atoms with van der Waals surface area (Å²) >= 11 is 0. The first-order valence-electron chi connectivity index (χ1n) is 30.4. The minimum Gasteiger partial charge on any atom is -0.394 e. The number of rotatable bonds is 48. The predicted molar refractivity (Wildman–Crippen MR) is 300 cm³/mol. The van der Waals surface area contributed by atoms with E-state index in [0.717, 1.165) is 77.0 Å². The van der Waals surface area contributed by atoms with Crippen LogP contribution in [0.2, 0.25) is 0 Å². The molecule has 0 aromatic rings. The normalized spacial score (nSPS) is 25.4. The van der Waals surface area contributed by atoms with Crippen LogP contribution < -0.4 is 5.32 Å². The second kappa shape index (κ2) is 46.8. The molecule has 9 N–H and O–H groups in total. The highest BCUT2D eigenvalue weighted by molar-refractivity contribution is 5.76. The number of unbranched alkanes of at least 4 members (excludes halogenated alkanes) is 27. The fourth-order valence-corrected chi connectivity index (χ4v) is 9.94. The van der Waals surface area contributed by atoms with Gasteiger partial charge in [-0.05, 0) is 51.4 Å². The summed E-state index contributed by atoms with van der Waals surface area (Å²) in [5.74, 6) is -0.213. The molecule has 14 heteroatoms. The van der Waals surface area contributed by atoms with Crippen LogP contribution in [0.25, 0.3) is 0 Å². The number of aliphatic hydroxyl groups is 8. The summed E-state index contributed by atoms with van der Waals surface area (Å²) in [6, 6.07) is -0.822. The highest BCUT2D eigenvalue weighted by Gasteiger charge is 2.51. The fourth-order valence-electron chi connectivity index (χ4n) is 9.94. The lowest BCUT2D eigenvalue weighted by Gasteiger charge is -2.46. The molecule has 75 heavy (non-hydrogen) atoms. The summed E-state index contributed by atoms with van der Waals surface area (Å²) in [4.78, 5) is 13.1. The number of hydrogen-bond acceptors (Lipinski definition) is 13. The maximum atomic E-state index is 13.1. The van der Waals surface area contributed by atoms with Crippen LogP contribution in [-0.2, 0) is 23.7 Å². The van der Waals surface area contributed by atoms with Gasteiger partial charge in [0.1, 0.15) is 48.8 Å². The molecule has 2 rings (SSSR count). The van der Waals surface area contributed by atoms with Crippen molar-refractivity contribution in [3.05, 3.63) is 48.6 Å². The molecule has 2 aliphatic rings. The average molecular weight is 1070 g/mol. The molecule has 0 saturated carbocycles. The number of aliphatic hydroxyl groups excluding tert-OH is 8. The number of hydrogen-bond donors (Lipinski definition) is 9. The molecule has 438 valence electrons. The van der Waals surface area contributed by atoms with Crippen LogP contribution in [-0.4, -0.2) is 140 Å². The lowest BCUT2D eigenvalue weighted by Crippen LogP contribution is -2.65. The van der Waals surface area contributed by atoms with Gasteiger partial charge in [0.2, 0.25) is 5.91 Å². The Labute approximate surface area is 454 Å². The van der Waals surface area contributed by atoms with E-state index < -0.39 is 86.8 Å². The Morgan fingerprint density at radius 1 is 0.493 bits per heavy atom. The van der Waals surface area contributed by atoms with Gasteiger partial charge in [-0.1, -0.05) is 229 Å². The molecule has 12 unspecified atom stereocenters. The number of ether oxygens (including phenoxy) is 4. The summed E-state index contributed by atoms with van der Waals surface area (Å²) in [6.07, 6.45) is 42.5. The zero-order chi connectivity index (χ0) is 54.6. The van der Waals surface area contributed by atoms with Crippen molar-refractivity contribution in [1.29, 1.82) is 0 Å². The van der Waals surface area contributed by atoms with Crippen LogP contribution in [0.1, 0.15) is 239 Å². The van der Waals surface area contributed by atoms with Gasteiger partial charge in [0, 0.05) is 6.42 Å². The standard InChI is InChI=1S/C61H111NO13/c1-3-5-7-9-10-11-12-13-14-15-16-17-18-19-20-21-22-23-24-25-26-27-28-29-30-31-32-33-34-35-36-37-38-39-40-41-43-45-53(66)62-49(50(65)44-42-8-6-4-2)48-72-60-58(71)56(69)59(52(47-64)74-60)75-61-57(70)55(68)54(67)51(46-63)73-61/h5,7,10-11,13-14,16-17,49-52,54-61,63-65,67-71H,3-4,6,8-9,12,15,18-48H2,1-2H3,(H,62,66)/b7-5-,11-10-,14-13-,17-16-. The molecule has 1 amide bonds. The molecule has 0 aromatic carbocycles. The van der Waals surface area contributed by atoms with Crippen molar-refractivity contribution < 1.29 is 64.6 Å². The average Bonchev–Trinajstić information content (AvgIpc) is 3.41. The van der Waals surface area contributed by atoms with Crippen LogP contribution in [0.5, 0.6) is 0 Å². The molecule has 2 fully saturated rings. The molecule has 0 bridgehead atoms. The summed E-state index contributed by atoms with van der Waals surface area (Å²) in [5, 5.41) is 86.4. The Balaban J connectivity index is 1.47. The van der Waals surface area contributed by atoms with Crippen LogP contribution in [0, 0.1) is 0 Å². The Kier molecular flexibility index (Phi) is 43.1. The van der Waals surface area contributed by atoms with E-state index >= 15 is 0 Å². The van der Waals surface area contributed by atoms with Crippen molar-refractivity contribution in [3.63, 3.8) is 0 Å². The van der Waals surface area contributed by atoms with Gasteiger partial charge in [0.15, 0.2) is 12.6 Å². The molecule has 2 heterocycles. The summed E-state index contributed by atoms with van der Waals surface area (Å²) in [5.41, 5.74) is 0. The van der Waals surface area contributed by atoms with E-state index in [0.29, 0.717) is 12.8 Å². The molecule has 0 spiro atoms. The number of amides is 1. The first kappa shape index (κ1) is 69.1. The maximum Gasteiger partial charge on any atom is 0.220 e. The van der Waals surface area contributed by atoms with Crippen LogP contribution in [0.3, 0.4) is 0 Å². The SMILES string of the molecule is CC/C=C\C/C=C\C/C=C\C/C=C\CCCCCCCCCCCCCCCCCCCCCCCCCCC(=O)NC(COC1OC(CO)C(OC2OC(CO)C(O)C(O)C2O)C(O)C1O)C(O)CCCCCC. The molecule has 0 aliphatic carbocycles. The van der Waals surface area contributed by atoms with E-state index in [9.17, 15) is 45.6 Å². The Morgan fingerprint density at radius 3 is 1.40 bits per heavy atom. The summed E-state index contributed by atoms with van der Waals surface area (Å²) in [7, 11) is 0. The maximum absolute atomic E-state index is 13.1. The van der Waals surface area contributed by atoms with Gasteiger partial charge in [-0.3, -0.25) is 4.79 Å².